The Bertz CT molecular complexity index is 1440. The third kappa shape index (κ3) is 7.33. The monoisotopic (exact) mass is 617 g/mol. The molecule has 218 valence electrons. The first kappa shape index (κ1) is 30.7. The summed E-state index contributed by atoms with van der Waals surface area (Å²) in [6.45, 7) is 0.987. The van der Waals surface area contributed by atoms with E-state index in [1.165, 1.54) is 24.1 Å². The fraction of sp³-hybridized carbons (Fsp3) is 0.333. The number of nitrogens with zero attached hydrogens (tertiary/aromatic N) is 2. The first-order valence-electron chi connectivity index (χ1n) is 13.4. The summed E-state index contributed by atoms with van der Waals surface area (Å²) in [5, 5.41) is 3.71. The smallest absolute Gasteiger partial charge is 0.264 e. The van der Waals surface area contributed by atoms with Gasteiger partial charge in [-0.1, -0.05) is 60.3 Å². The van der Waals surface area contributed by atoms with Crippen LogP contribution in [0.2, 0.25) is 10.0 Å². The molecule has 1 saturated carbocycles. The molecule has 0 aliphatic heterocycles. The maximum atomic E-state index is 14.0. The van der Waals surface area contributed by atoms with Gasteiger partial charge in [-0.25, -0.2) is 8.42 Å². The van der Waals surface area contributed by atoms with E-state index < -0.39 is 28.5 Å². The van der Waals surface area contributed by atoms with Gasteiger partial charge in [0.15, 0.2) is 0 Å². The highest BCUT2D eigenvalue weighted by Crippen LogP contribution is 2.29. The number of sulfonamides is 1. The minimum atomic E-state index is -4.18. The van der Waals surface area contributed by atoms with E-state index >= 15 is 0 Å². The van der Waals surface area contributed by atoms with E-state index in [1.807, 2.05) is 0 Å². The van der Waals surface area contributed by atoms with Crippen LogP contribution in [-0.4, -0.2) is 50.9 Å². The molecule has 0 spiro atoms. The van der Waals surface area contributed by atoms with Gasteiger partial charge in [0, 0.05) is 28.2 Å². The van der Waals surface area contributed by atoms with Gasteiger partial charge in [0.2, 0.25) is 11.8 Å². The first-order valence-corrected chi connectivity index (χ1v) is 15.6. The predicted octanol–water partition coefficient (Wildman–Crippen LogP) is 5.67. The van der Waals surface area contributed by atoms with Crippen molar-refractivity contribution in [3.63, 3.8) is 0 Å². The van der Waals surface area contributed by atoms with Crippen LogP contribution in [0.15, 0.2) is 77.7 Å². The summed E-state index contributed by atoms with van der Waals surface area (Å²) in [6.07, 6.45) is 3.83. The molecule has 2 amide bonds. The van der Waals surface area contributed by atoms with E-state index in [9.17, 15) is 18.0 Å². The topological polar surface area (TPSA) is 96.0 Å². The molecule has 0 radical (unpaired) electrons. The number of ether oxygens (including phenoxy) is 1. The molecule has 0 bridgehead atoms. The number of hydrogen-bond acceptors (Lipinski definition) is 5. The fourth-order valence-electron chi connectivity index (χ4n) is 4.83. The number of carbonyl (C=O) groups excluding carboxylic acids is 2. The molecule has 0 heterocycles. The van der Waals surface area contributed by atoms with Crippen LogP contribution in [0, 0.1) is 0 Å². The number of hydrogen-bond donors (Lipinski definition) is 1. The summed E-state index contributed by atoms with van der Waals surface area (Å²) < 4.78 is 34.0. The van der Waals surface area contributed by atoms with Gasteiger partial charge in [-0.2, -0.15) is 0 Å². The SMILES string of the molecule is COc1ccc(S(=O)(=O)N(CC(=O)N(Cc2c(Cl)cccc2Cl)[C@@H](C)C(=O)NC2CCCC2)c2ccccc2)cc1. The normalized spacial score (nSPS) is 14.3. The van der Waals surface area contributed by atoms with Gasteiger partial charge in [-0.05, 0) is 68.3 Å². The Kier molecular flexibility index (Phi) is 10.2. The maximum absolute atomic E-state index is 14.0. The summed E-state index contributed by atoms with van der Waals surface area (Å²) in [7, 11) is -2.70. The highest BCUT2D eigenvalue weighted by atomic mass is 35.5. The Morgan fingerprint density at radius 1 is 0.951 bits per heavy atom. The summed E-state index contributed by atoms with van der Waals surface area (Å²) in [5.41, 5.74) is 0.768. The van der Waals surface area contributed by atoms with Crippen LogP contribution in [0.4, 0.5) is 5.69 Å². The lowest BCUT2D eigenvalue weighted by Crippen LogP contribution is -2.52. The van der Waals surface area contributed by atoms with Crippen molar-refractivity contribution in [1.29, 1.82) is 0 Å². The van der Waals surface area contributed by atoms with Crippen molar-refractivity contribution in [3.8, 4) is 5.75 Å². The lowest BCUT2D eigenvalue weighted by Gasteiger charge is -2.33. The van der Waals surface area contributed by atoms with Crippen LogP contribution in [0.5, 0.6) is 5.75 Å². The largest absolute Gasteiger partial charge is 0.497 e. The van der Waals surface area contributed by atoms with Gasteiger partial charge >= 0.3 is 0 Å². The molecule has 11 heteroatoms. The second kappa shape index (κ2) is 13.6. The van der Waals surface area contributed by atoms with Crippen molar-refractivity contribution in [3.05, 3.63) is 88.4 Å². The molecule has 1 fully saturated rings. The fourth-order valence-corrected chi connectivity index (χ4v) is 6.76. The van der Waals surface area contributed by atoms with Crippen LogP contribution in [0.25, 0.3) is 0 Å². The second-order valence-corrected chi connectivity index (χ2v) is 12.6. The zero-order valence-corrected chi connectivity index (χ0v) is 25.3. The van der Waals surface area contributed by atoms with E-state index in [0.29, 0.717) is 27.0 Å². The molecule has 0 unspecified atom stereocenters. The van der Waals surface area contributed by atoms with Crippen LogP contribution in [-0.2, 0) is 26.2 Å². The molecule has 8 nitrogen and oxygen atoms in total. The number of methoxy groups -OCH3 is 1. The number of nitrogens with one attached hydrogen (secondary N) is 1. The van der Waals surface area contributed by atoms with E-state index in [2.05, 4.69) is 5.32 Å². The molecular weight excluding hydrogens is 585 g/mol. The number of anilines is 1. The first-order chi connectivity index (χ1) is 19.6. The number of benzene rings is 3. The highest BCUT2D eigenvalue weighted by molar-refractivity contribution is 7.92. The van der Waals surface area contributed by atoms with E-state index in [1.54, 1.807) is 67.6 Å². The van der Waals surface area contributed by atoms with Gasteiger partial charge in [-0.15, -0.1) is 0 Å². The van der Waals surface area contributed by atoms with Crippen molar-refractivity contribution in [2.45, 2.75) is 56.1 Å². The summed E-state index contributed by atoms with van der Waals surface area (Å²) in [5.74, 6) is -0.412. The third-order valence-corrected chi connectivity index (χ3v) is 9.73. The van der Waals surface area contributed by atoms with Crippen LogP contribution in [0.3, 0.4) is 0 Å². The van der Waals surface area contributed by atoms with Crippen LogP contribution >= 0.6 is 23.2 Å². The summed E-state index contributed by atoms with van der Waals surface area (Å²) in [4.78, 5) is 28.7. The van der Waals surface area contributed by atoms with Crippen molar-refractivity contribution in [2.24, 2.45) is 0 Å². The number of halogens is 2. The van der Waals surface area contributed by atoms with Gasteiger partial charge in [0.25, 0.3) is 10.0 Å². The second-order valence-electron chi connectivity index (χ2n) is 9.91. The van der Waals surface area contributed by atoms with E-state index in [-0.39, 0.29) is 23.4 Å². The lowest BCUT2D eigenvalue weighted by atomic mass is 10.1. The van der Waals surface area contributed by atoms with Crippen LogP contribution < -0.4 is 14.4 Å². The molecule has 1 atom stereocenters. The molecule has 1 aliphatic rings. The minimum Gasteiger partial charge on any atom is -0.497 e. The zero-order chi connectivity index (χ0) is 29.6. The molecule has 4 rings (SSSR count). The lowest BCUT2D eigenvalue weighted by molar-refractivity contribution is -0.139. The van der Waals surface area contributed by atoms with Crippen LogP contribution in [0.1, 0.15) is 38.2 Å². The Balaban J connectivity index is 1.69. The standard InChI is InChI=1S/C30H33Cl2N3O5S/c1-21(30(37)33-22-9-6-7-10-22)34(19-26-27(31)13-8-14-28(26)32)29(36)20-35(23-11-4-3-5-12-23)41(38,39)25-17-15-24(40-2)16-18-25/h3-5,8,11-18,21-22H,6-7,9-10,19-20H2,1-2H3,(H,33,37)/t21-/m0/s1. The molecule has 3 aromatic rings. The van der Waals surface area contributed by atoms with Gasteiger partial charge in [0.1, 0.15) is 18.3 Å². The third-order valence-electron chi connectivity index (χ3n) is 7.23. The predicted molar refractivity (Wildman–Crippen MR) is 161 cm³/mol. The van der Waals surface area contributed by atoms with Crippen molar-refractivity contribution < 1.29 is 22.7 Å². The zero-order valence-electron chi connectivity index (χ0n) is 22.9. The van der Waals surface area contributed by atoms with E-state index in [4.69, 9.17) is 27.9 Å². The molecule has 1 aliphatic carbocycles. The number of para-hydroxylation sites is 1. The van der Waals surface area contributed by atoms with Gasteiger partial charge < -0.3 is 15.0 Å². The Labute approximate surface area is 251 Å². The minimum absolute atomic E-state index is 0.0114. The average molecular weight is 619 g/mol. The van der Waals surface area contributed by atoms with Crippen molar-refractivity contribution in [2.75, 3.05) is 18.0 Å². The number of rotatable bonds is 11. The molecule has 1 N–H and O–H groups in total. The summed E-state index contributed by atoms with van der Waals surface area (Å²) >= 11 is 12.9. The maximum Gasteiger partial charge on any atom is 0.264 e. The quantitative estimate of drug-likeness (QED) is 0.299. The Morgan fingerprint density at radius 3 is 2.15 bits per heavy atom. The highest BCUT2D eigenvalue weighted by Gasteiger charge is 2.34. The molecule has 41 heavy (non-hydrogen) atoms. The van der Waals surface area contributed by atoms with E-state index in [0.717, 1.165) is 30.0 Å². The number of amides is 2. The number of carbonyl (C=O) groups is 2. The Morgan fingerprint density at radius 2 is 1.56 bits per heavy atom. The Hall–Kier alpha value is -3.27. The molecular formula is C30H33Cl2N3O5S. The molecule has 3 aromatic carbocycles. The van der Waals surface area contributed by atoms with Gasteiger partial charge in [-0.3, -0.25) is 13.9 Å². The summed E-state index contributed by atoms with van der Waals surface area (Å²) in [6, 6.07) is 18.4. The van der Waals surface area contributed by atoms with Crippen molar-refractivity contribution in [1.82, 2.24) is 10.2 Å². The van der Waals surface area contributed by atoms with Gasteiger partial charge in [0.05, 0.1) is 17.7 Å². The van der Waals surface area contributed by atoms with Crippen molar-refractivity contribution >= 4 is 50.7 Å². The molecule has 0 saturated heterocycles. The molecule has 0 aromatic heterocycles. The average Bonchev–Trinajstić information content (AvgIpc) is 3.48.